The van der Waals surface area contributed by atoms with Gasteiger partial charge in [0, 0.05) is 42.9 Å². The zero-order valence-corrected chi connectivity index (χ0v) is 19.0. The normalized spacial score (nSPS) is 19.1. The third-order valence-electron chi connectivity index (χ3n) is 6.27. The van der Waals surface area contributed by atoms with Gasteiger partial charge < -0.3 is 9.47 Å². The number of carbonyl (C=O) groups is 1. The van der Waals surface area contributed by atoms with E-state index >= 15 is 0 Å². The molecule has 2 aliphatic heterocycles. The first-order chi connectivity index (χ1) is 15.2. The van der Waals surface area contributed by atoms with Crippen molar-refractivity contribution in [2.75, 3.05) is 13.1 Å². The van der Waals surface area contributed by atoms with Gasteiger partial charge in [0.05, 0.1) is 17.1 Å². The lowest BCUT2D eigenvalue weighted by Crippen LogP contribution is -2.40. The highest BCUT2D eigenvalue weighted by Crippen LogP contribution is 2.31. The Morgan fingerprint density at radius 2 is 2.03 bits per heavy atom. The standard InChI is InChI=1S/C23H26ClN5OS/c24-19-9-4-3-8-18(19)23-25-17(15-31-23)13-21(30)28-11-6-7-16(14-28)22-27-26-20-10-2-1-5-12-29(20)22/h3-4,8-9,15-16H,1-2,5-7,10-14H2. The minimum Gasteiger partial charge on any atom is -0.342 e. The van der Waals surface area contributed by atoms with Crippen LogP contribution in [-0.4, -0.2) is 43.6 Å². The smallest absolute Gasteiger partial charge is 0.228 e. The van der Waals surface area contributed by atoms with Gasteiger partial charge in [-0.3, -0.25) is 4.79 Å². The summed E-state index contributed by atoms with van der Waals surface area (Å²) in [6.07, 6.45) is 7.03. The minimum absolute atomic E-state index is 0.135. The Kier molecular flexibility index (Phi) is 6.05. The summed E-state index contributed by atoms with van der Waals surface area (Å²) in [4.78, 5) is 19.7. The summed E-state index contributed by atoms with van der Waals surface area (Å²) >= 11 is 7.83. The van der Waals surface area contributed by atoms with Crippen molar-refractivity contribution in [3.05, 3.63) is 52.0 Å². The molecule has 1 aromatic carbocycles. The molecule has 0 spiro atoms. The van der Waals surface area contributed by atoms with Crippen LogP contribution in [0.5, 0.6) is 0 Å². The van der Waals surface area contributed by atoms with Crippen LogP contribution in [0.2, 0.25) is 5.02 Å². The number of hydrogen-bond donors (Lipinski definition) is 0. The number of carbonyl (C=O) groups excluding carboxylic acids is 1. The second-order valence-corrected chi connectivity index (χ2v) is 9.68. The van der Waals surface area contributed by atoms with E-state index in [-0.39, 0.29) is 11.8 Å². The van der Waals surface area contributed by atoms with Crippen molar-refractivity contribution in [2.24, 2.45) is 0 Å². The van der Waals surface area contributed by atoms with Gasteiger partial charge in [-0.2, -0.15) is 0 Å². The maximum absolute atomic E-state index is 13.1. The lowest BCUT2D eigenvalue weighted by atomic mass is 9.96. The van der Waals surface area contributed by atoms with Crippen LogP contribution in [0.3, 0.4) is 0 Å². The first kappa shape index (κ1) is 20.6. The Hall–Kier alpha value is -2.25. The van der Waals surface area contributed by atoms with Gasteiger partial charge >= 0.3 is 0 Å². The molecule has 162 valence electrons. The molecule has 0 N–H and O–H groups in total. The molecule has 1 atom stereocenters. The SMILES string of the molecule is O=C(Cc1csc(-c2ccccc2Cl)n1)N1CCCC(c2nnc3n2CCCCC3)C1. The third kappa shape index (κ3) is 4.39. The Bertz CT molecular complexity index is 1080. The van der Waals surface area contributed by atoms with E-state index in [4.69, 9.17) is 11.6 Å². The van der Waals surface area contributed by atoms with Gasteiger partial charge in [0.2, 0.25) is 5.91 Å². The van der Waals surface area contributed by atoms with Crippen LogP contribution >= 0.6 is 22.9 Å². The second-order valence-electron chi connectivity index (χ2n) is 8.42. The number of rotatable bonds is 4. The van der Waals surface area contributed by atoms with Gasteiger partial charge in [-0.25, -0.2) is 4.98 Å². The fraction of sp³-hybridized carbons (Fsp3) is 0.478. The lowest BCUT2D eigenvalue weighted by Gasteiger charge is -2.32. The summed E-state index contributed by atoms with van der Waals surface area (Å²) in [5.74, 6) is 2.59. The molecule has 1 unspecified atom stereocenters. The molecule has 0 bridgehead atoms. The van der Waals surface area contributed by atoms with E-state index in [9.17, 15) is 4.79 Å². The molecule has 6 nitrogen and oxygen atoms in total. The fourth-order valence-electron chi connectivity index (χ4n) is 4.64. The summed E-state index contributed by atoms with van der Waals surface area (Å²) < 4.78 is 2.32. The van der Waals surface area contributed by atoms with Crippen LogP contribution in [0.15, 0.2) is 29.6 Å². The van der Waals surface area contributed by atoms with E-state index in [1.54, 1.807) is 0 Å². The molecular formula is C23H26ClN5OS. The molecule has 3 aromatic rings. The number of likely N-dealkylation sites (tertiary alicyclic amines) is 1. The zero-order chi connectivity index (χ0) is 21.2. The van der Waals surface area contributed by atoms with Crippen LogP contribution in [0.25, 0.3) is 10.6 Å². The summed E-state index contributed by atoms with van der Waals surface area (Å²) in [6, 6.07) is 7.68. The van der Waals surface area contributed by atoms with Crippen LogP contribution in [0, 0.1) is 0 Å². The van der Waals surface area contributed by atoms with Crippen molar-refractivity contribution < 1.29 is 4.79 Å². The highest BCUT2D eigenvalue weighted by molar-refractivity contribution is 7.13. The molecule has 2 aliphatic rings. The van der Waals surface area contributed by atoms with Crippen LogP contribution < -0.4 is 0 Å². The third-order valence-corrected chi connectivity index (χ3v) is 7.52. The Balaban J connectivity index is 1.27. The van der Waals surface area contributed by atoms with Crippen molar-refractivity contribution in [1.29, 1.82) is 0 Å². The topological polar surface area (TPSA) is 63.9 Å². The maximum Gasteiger partial charge on any atom is 0.228 e. The molecule has 0 aliphatic carbocycles. The highest BCUT2D eigenvalue weighted by atomic mass is 35.5. The Morgan fingerprint density at radius 1 is 1.13 bits per heavy atom. The fourth-order valence-corrected chi connectivity index (χ4v) is 5.78. The monoisotopic (exact) mass is 455 g/mol. The molecular weight excluding hydrogens is 430 g/mol. The number of piperidine rings is 1. The van der Waals surface area contributed by atoms with Gasteiger partial charge in [0.25, 0.3) is 0 Å². The maximum atomic E-state index is 13.1. The van der Waals surface area contributed by atoms with Crippen molar-refractivity contribution in [3.8, 4) is 10.6 Å². The molecule has 0 saturated carbocycles. The molecule has 1 amide bonds. The second kappa shape index (κ2) is 9.09. The number of aryl methyl sites for hydroxylation is 1. The number of nitrogens with zero attached hydrogens (tertiary/aromatic N) is 5. The minimum atomic E-state index is 0.135. The molecule has 1 fully saturated rings. The van der Waals surface area contributed by atoms with Crippen molar-refractivity contribution in [1.82, 2.24) is 24.6 Å². The first-order valence-electron chi connectivity index (χ1n) is 11.1. The quantitative estimate of drug-likeness (QED) is 0.570. The number of benzene rings is 1. The Morgan fingerprint density at radius 3 is 2.94 bits per heavy atom. The van der Waals surface area contributed by atoms with Crippen LogP contribution in [0.4, 0.5) is 0 Å². The average Bonchev–Trinajstić information content (AvgIpc) is 3.35. The largest absolute Gasteiger partial charge is 0.342 e. The number of fused-ring (bicyclic) bond motifs is 1. The van der Waals surface area contributed by atoms with Crippen molar-refractivity contribution in [2.45, 2.75) is 57.4 Å². The van der Waals surface area contributed by atoms with Gasteiger partial charge in [-0.1, -0.05) is 36.2 Å². The average molecular weight is 456 g/mol. The molecule has 1 saturated heterocycles. The van der Waals surface area contributed by atoms with Crippen LogP contribution in [0.1, 0.15) is 55.4 Å². The number of halogens is 1. The molecule has 4 heterocycles. The van der Waals surface area contributed by atoms with Gasteiger partial charge in [0.15, 0.2) is 0 Å². The van der Waals surface area contributed by atoms with E-state index in [1.165, 1.54) is 30.6 Å². The van der Waals surface area contributed by atoms with E-state index in [0.717, 1.165) is 66.8 Å². The number of aromatic nitrogens is 4. The van der Waals surface area contributed by atoms with Gasteiger partial charge in [0.1, 0.15) is 16.7 Å². The summed E-state index contributed by atoms with van der Waals surface area (Å²) in [5, 5.41) is 12.5. The molecule has 0 radical (unpaired) electrons. The highest BCUT2D eigenvalue weighted by Gasteiger charge is 2.29. The predicted molar refractivity (Wildman–Crippen MR) is 122 cm³/mol. The summed E-state index contributed by atoms with van der Waals surface area (Å²) in [6.45, 7) is 2.53. The van der Waals surface area contributed by atoms with Crippen molar-refractivity contribution >= 4 is 28.8 Å². The summed E-state index contributed by atoms with van der Waals surface area (Å²) in [7, 11) is 0. The zero-order valence-electron chi connectivity index (χ0n) is 17.5. The van der Waals surface area contributed by atoms with Gasteiger partial charge in [-0.15, -0.1) is 21.5 Å². The van der Waals surface area contributed by atoms with E-state index in [0.29, 0.717) is 11.4 Å². The van der Waals surface area contributed by atoms with Crippen LogP contribution in [-0.2, 0) is 24.2 Å². The molecule has 31 heavy (non-hydrogen) atoms. The number of thiazole rings is 1. The van der Waals surface area contributed by atoms with E-state index in [2.05, 4.69) is 19.7 Å². The van der Waals surface area contributed by atoms with Crippen molar-refractivity contribution in [3.63, 3.8) is 0 Å². The lowest BCUT2D eigenvalue weighted by molar-refractivity contribution is -0.131. The Labute approximate surface area is 191 Å². The van der Waals surface area contributed by atoms with E-state index in [1.807, 2.05) is 34.5 Å². The summed E-state index contributed by atoms with van der Waals surface area (Å²) in [5.41, 5.74) is 1.72. The van der Waals surface area contributed by atoms with Gasteiger partial charge in [-0.05, 0) is 31.7 Å². The molecule has 2 aromatic heterocycles. The molecule has 5 rings (SSSR count). The first-order valence-corrected chi connectivity index (χ1v) is 12.3. The van der Waals surface area contributed by atoms with E-state index < -0.39 is 0 Å². The number of hydrogen-bond acceptors (Lipinski definition) is 5. The molecule has 8 heteroatoms. The number of amides is 1. The predicted octanol–water partition coefficient (Wildman–Crippen LogP) is 4.73.